The van der Waals surface area contributed by atoms with Crippen molar-refractivity contribution in [2.75, 3.05) is 31.1 Å². The van der Waals surface area contributed by atoms with Gasteiger partial charge < -0.3 is 10.2 Å². The molecule has 1 aliphatic rings. The molecule has 2 heterocycles. The summed E-state index contributed by atoms with van der Waals surface area (Å²) in [6.07, 6.45) is 4.99. The molecule has 2 aromatic rings. The highest BCUT2D eigenvalue weighted by molar-refractivity contribution is 5.48. The highest BCUT2D eigenvalue weighted by Gasteiger charge is 2.16. The number of anilines is 1. The molecule has 100 valence electrons. The first kappa shape index (κ1) is 12.2. The molecule has 0 atom stereocenters. The molecule has 0 saturated carbocycles. The van der Waals surface area contributed by atoms with Crippen LogP contribution in [0.25, 0.3) is 5.69 Å². The number of aromatic nitrogens is 2. The van der Waals surface area contributed by atoms with Crippen molar-refractivity contribution >= 4 is 5.95 Å². The van der Waals surface area contributed by atoms with Gasteiger partial charge in [0, 0.05) is 38.6 Å². The Hall–Kier alpha value is -1.81. The van der Waals surface area contributed by atoms with Crippen molar-refractivity contribution in [2.24, 2.45) is 0 Å². The van der Waals surface area contributed by atoms with Crippen LogP contribution in [0.4, 0.5) is 5.95 Å². The lowest BCUT2D eigenvalue weighted by Crippen LogP contribution is -2.44. The summed E-state index contributed by atoms with van der Waals surface area (Å²) in [6.45, 7) is 6.29. The van der Waals surface area contributed by atoms with Crippen molar-refractivity contribution in [3.63, 3.8) is 0 Å². The highest BCUT2D eigenvalue weighted by atomic mass is 15.3. The van der Waals surface area contributed by atoms with E-state index in [4.69, 9.17) is 0 Å². The van der Waals surface area contributed by atoms with E-state index < -0.39 is 0 Å². The number of hydrogen-bond donors (Lipinski definition) is 1. The summed E-state index contributed by atoms with van der Waals surface area (Å²) < 4.78 is 2.21. The first-order chi connectivity index (χ1) is 9.40. The van der Waals surface area contributed by atoms with Gasteiger partial charge >= 0.3 is 0 Å². The third-order valence-corrected chi connectivity index (χ3v) is 3.65. The van der Waals surface area contributed by atoms with Crippen LogP contribution in [0.5, 0.6) is 0 Å². The van der Waals surface area contributed by atoms with Crippen LogP contribution in [0.2, 0.25) is 0 Å². The molecule has 0 amide bonds. The Balaban J connectivity index is 1.99. The Morgan fingerprint density at radius 3 is 2.79 bits per heavy atom. The summed E-state index contributed by atoms with van der Waals surface area (Å²) in [4.78, 5) is 6.90. The van der Waals surface area contributed by atoms with E-state index in [1.165, 1.54) is 11.3 Å². The maximum absolute atomic E-state index is 4.55. The van der Waals surface area contributed by atoms with Crippen LogP contribution in [0.3, 0.4) is 0 Å². The Bertz CT molecular complexity index is 541. The number of rotatable bonds is 3. The van der Waals surface area contributed by atoms with Crippen LogP contribution in [0.15, 0.2) is 36.7 Å². The van der Waals surface area contributed by atoms with Gasteiger partial charge in [-0.1, -0.05) is 25.1 Å². The van der Waals surface area contributed by atoms with Gasteiger partial charge in [-0.15, -0.1) is 0 Å². The monoisotopic (exact) mass is 256 g/mol. The molecule has 0 aliphatic carbocycles. The van der Waals surface area contributed by atoms with Crippen molar-refractivity contribution < 1.29 is 0 Å². The zero-order chi connectivity index (χ0) is 13.1. The molecule has 3 rings (SSSR count). The van der Waals surface area contributed by atoms with E-state index in [-0.39, 0.29) is 0 Å². The van der Waals surface area contributed by atoms with E-state index in [2.05, 4.69) is 57.2 Å². The number of benzene rings is 1. The zero-order valence-electron chi connectivity index (χ0n) is 11.3. The first-order valence-electron chi connectivity index (χ1n) is 6.97. The average Bonchev–Trinajstić information content (AvgIpc) is 2.97. The number of imidazole rings is 1. The second-order valence-corrected chi connectivity index (χ2v) is 4.82. The smallest absolute Gasteiger partial charge is 0.210 e. The number of hydrogen-bond acceptors (Lipinski definition) is 3. The number of piperazine rings is 1. The lowest BCUT2D eigenvalue weighted by atomic mass is 10.1. The average molecular weight is 256 g/mol. The van der Waals surface area contributed by atoms with E-state index in [1.54, 1.807) is 0 Å². The van der Waals surface area contributed by atoms with Gasteiger partial charge in [-0.2, -0.15) is 0 Å². The molecule has 0 spiro atoms. The molecule has 1 saturated heterocycles. The van der Waals surface area contributed by atoms with E-state index in [9.17, 15) is 0 Å². The number of nitrogens with zero attached hydrogens (tertiary/aromatic N) is 3. The van der Waals surface area contributed by atoms with Crippen molar-refractivity contribution in [2.45, 2.75) is 13.3 Å². The summed E-state index contributed by atoms with van der Waals surface area (Å²) in [5.74, 6) is 1.06. The Morgan fingerprint density at radius 2 is 2.00 bits per heavy atom. The quantitative estimate of drug-likeness (QED) is 0.909. The van der Waals surface area contributed by atoms with Crippen LogP contribution in [0, 0.1) is 0 Å². The fourth-order valence-corrected chi connectivity index (χ4v) is 2.63. The largest absolute Gasteiger partial charge is 0.339 e. The van der Waals surface area contributed by atoms with E-state index in [0.29, 0.717) is 0 Å². The second-order valence-electron chi connectivity index (χ2n) is 4.82. The fourth-order valence-electron chi connectivity index (χ4n) is 2.63. The Labute approximate surface area is 114 Å². The zero-order valence-corrected chi connectivity index (χ0v) is 11.3. The van der Waals surface area contributed by atoms with Gasteiger partial charge in [-0.25, -0.2) is 4.98 Å². The molecule has 0 radical (unpaired) electrons. The number of para-hydroxylation sites is 1. The standard InChI is InChI=1S/C15H20N4/c1-2-13-5-3-4-6-14(13)19-12-9-17-15(19)18-10-7-16-8-11-18/h3-6,9,12,16H,2,7-8,10-11H2,1H3. The number of nitrogens with one attached hydrogen (secondary N) is 1. The fraction of sp³-hybridized carbons (Fsp3) is 0.400. The van der Waals surface area contributed by atoms with Gasteiger partial charge in [0.25, 0.3) is 0 Å². The molecule has 19 heavy (non-hydrogen) atoms. The molecule has 4 heteroatoms. The second kappa shape index (κ2) is 5.45. The third-order valence-electron chi connectivity index (χ3n) is 3.65. The topological polar surface area (TPSA) is 33.1 Å². The lowest BCUT2D eigenvalue weighted by Gasteiger charge is -2.29. The molecule has 0 bridgehead atoms. The van der Waals surface area contributed by atoms with E-state index >= 15 is 0 Å². The summed E-state index contributed by atoms with van der Waals surface area (Å²) in [5, 5.41) is 3.38. The molecule has 1 fully saturated rings. The predicted molar refractivity (Wildman–Crippen MR) is 78.0 cm³/mol. The third kappa shape index (κ3) is 2.36. The van der Waals surface area contributed by atoms with Crippen molar-refractivity contribution in [3.8, 4) is 5.69 Å². The molecular formula is C15H20N4. The first-order valence-corrected chi connectivity index (χ1v) is 6.97. The van der Waals surface area contributed by atoms with Gasteiger partial charge in [-0.3, -0.25) is 4.57 Å². The van der Waals surface area contributed by atoms with E-state index in [0.717, 1.165) is 38.5 Å². The summed E-state index contributed by atoms with van der Waals surface area (Å²) >= 11 is 0. The summed E-state index contributed by atoms with van der Waals surface area (Å²) in [5.41, 5.74) is 2.60. The molecule has 0 unspecified atom stereocenters. The van der Waals surface area contributed by atoms with Crippen molar-refractivity contribution in [1.82, 2.24) is 14.9 Å². The summed E-state index contributed by atoms with van der Waals surface area (Å²) in [6, 6.07) is 8.56. The van der Waals surface area contributed by atoms with Crippen molar-refractivity contribution in [1.29, 1.82) is 0 Å². The van der Waals surface area contributed by atoms with E-state index in [1.807, 2.05) is 6.20 Å². The van der Waals surface area contributed by atoms with Gasteiger partial charge in [-0.05, 0) is 18.1 Å². The van der Waals surface area contributed by atoms with Gasteiger partial charge in [0.2, 0.25) is 5.95 Å². The van der Waals surface area contributed by atoms with Crippen LogP contribution in [-0.2, 0) is 6.42 Å². The van der Waals surface area contributed by atoms with Crippen LogP contribution >= 0.6 is 0 Å². The van der Waals surface area contributed by atoms with Crippen LogP contribution in [-0.4, -0.2) is 35.7 Å². The molecule has 1 aromatic heterocycles. The highest BCUT2D eigenvalue weighted by Crippen LogP contribution is 2.22. The summed E-state index contributed by atoms with van der Waals surface area (Å²) in [7, 11) is 0. The van der Waals surface area contributed by atoms with Gasteiger partial charge in [0.05, 0.1) is 5.69 Å². The minimum absolute atomic E-state index is 1.02. The molecule has 4 nitrogen and oxygen atoms in total. The molecular weight excluding hydrogens is 236 g/mol. The SMILES string of the molecule is CCc1ccccc1-n1ccnc1N1CCNCC1. The maximum atomic E-state index is 4.55. The molecule has 1 aromatic carbocycles. The maximum Gasteiger partial charge on any atom is 0.210 e. The predicted octanol–water partition coefficient (Wildman–Crippen LogP) is 1.84. The van der Waals surface area contributed by atoms with Crippen molar-refractivity contribution in [3.05, 3.63) is 42.2 Å². The number of aryl methyl sites for hydroxylation is 1. The Morgan fingerprint density at radius 1 is 1.21 bits per heavy atom. The van der Waals surface area contributed by atoms with Crippen LogP contribution in [0.1, 0.15) is 12.5 Å². The van der Waals surface area contributed by atoms with Gasteiger partial charge in [0.1, 0.15) is 0 Å². The molecule has 1 N–H and O–H groups in total. The minimum atomic E-state index is 1.02. The Kier molecular flexibility index (Phi) is 3.51. The minimum Gasteiger partial charge on any atom is -0.339 e. The molecule has 1 aliphatic heterocycles. The normalized spacial score (nSPS) is 15.7. The van der Waals surface area contributed by atoms with Crippen LogP contribution < -0.4 is 10.2 Å². The van der Waals surface area contributed by atoms with Gasteiger partial charge in [0.15, 0.2) is 0 Å². The lowest BCUT2D eigenvalue weighted by molar-refractivity contribution is 0.577.